The van der Waals surface area contributed by atoms with Gasteiger partial charge in [-0.3, -0.25) is 0 Å². The van der Waals surface area contributed by atoms with E-state index in [0.717, 1.165) is 0 Å². The molecule has 8 heteroatoms. The molecule has 0 heterocycles. The average Bonchev–Trinajstić information content (AvgIpc) is 2.00. The molecule has 0 saturated heterocycles. The van der Waals surface area contributed by atoms with Crippen LogP contribution in [0.3, 0.4) is 0 Å². The predicted octanol–water partition coefficient (Wildman–Crippen LogP) is 4.87. The van der Waals surface area contributed by atoms with Crippen LogP contribution in [-0.2, 0) is 11.8 Å². The van der Waals surface area contributed by atoms with Crippen LogP contribution in [0.2, 0.25) is 0 Å². The summed E-state index contributed by atoms with van der Waals surface area (Å²) in [6.07, 6.45) is 2.13. The third kappa shape index (κ3) is 19.8. The second-order valence-electron chi connectivity index (χ2n) is 2.52. The molecule has 0 N–H and O–H groups in total. The van der Waals surface area contributed by atoms with Crippen LogP contribution in [0.5, 0.6) is 0 Å². The summed E-state index contributed by atoms with van der Waals surface area (Å²) in [6.45, 7) is 0. The van der Waals surface area contributed by atoms with Gasteiger partial charge in [0.2, 0.25) is 0 Å². The van der Waals surface area contributed by atoms with Crippen LogP contribution in [0.25, 0.3) is 0 Å². The molecule has 0 bridgehead atoms. The summed E-state index contributed by atoms with van der Waals surface area (Å²) in [4.78, 5) is 1.38. The Bertz CT molecular complexity index is 292. The summed E-state index contributed by atoms with van der Waals surface area (Å²) >= 11 is 1.35. The number of thiol groups is 1. The Morgan fingerprint density at radius 2 is 1.20 bits per heavy atom. The summed E-state index contributed by atoms with van der Waals surface area (Å²) in [5.41, 5.74) is 0. The van der Waals surface area contributed by atoms with Gasteiger partial charge in [-0.2, -0.15) is 0 Å². The molecule has 0 amide bonds. The minimum atomic E-state index is -10.7. The molecule has 0 atom stereocenters. The topological polar surface area (TPSA) is 0 Å². The fourth-order valence-electron chi connectivity index (χ4n) is 0.577. The Hall–Kier alpha value is -0.420. The molecule has 0 aliphatic carbocycles. The van der Waals surface area contributed by atoms with E-state index in [9.17, 15) is 25.2 Å². The van der Waals surface area contributed by atoms with Crippen molar-refractivity contribution in [3.8, 4) is 0 Å². The Balaban J connectivity index is 0.000000265. The van der Waals surface area contributed by atoms with Gasteiger partial charge >= 0.3 is 33.0 Å². The van der Waals surface area contributed by atoms with Crippen LogP contribution in [0.1, 0.15) is 0 Å². The van der Waals surface area contributed by atoms with E-state index in [-0.39, 0.29) is 0 Å². The van der Waals surface area contributed by atoms with Crippen molar-refractivity contribution < 1.29 is 25.2 Å². The summed E-state index contributed by atoms with van der Waals surface area (Å²) in [6, 6.07) is 10.4. The molecular formula is C7H9F6PS. The first-order valence-corrected chi connectivity index (χ1v) is 6.97. The summed E-state index contributed by atoms with van der Waals surface area (Å²) in [7, 11) is -10.7. The predicted molar refractivity (Wildman–Crippen MR) is 53.0 cm³/mol. The van der Waals surface area contributed by atoms with E-state index in [1.54, 1.807) is 0 Å². The molecule has 0 unspecified atom stereocenters. The van der Waals surface area contributed by atoms with Crippen molar-refractivity contribution in [1.82, 2.24) is 0 Å². The van der Waals surface area contributed by atoms with Crippen LogP contribution < -0.4 is 0 Å². The molecular weight excluding hydrogens is 261 g/mol. The Kier molecular flexibility index (Phi) is 3.76. The molecule has 15 heavy (non-hydrogen) atoms. The van der Waals surface area contributed by atoms with E-state index in [4.69, 9.17) is 0 Å². The van der Waals surface area contributed by atoms with E-state index in [1.807, 2.05) is 6.07 Å². The molecule has 0 nitrogen and oxygen atoms in total. The molecule has 0 radical (unpaired) electrons. The Morgan fingerprint density at radius 1 is 0.867 bits per heavy atom. The zero-order valence-corrected chi connectivity index (χ0v) is 9.34. The van der Waals surface area contributed by atoms with Gasteiger partial charge in [0.05, 0.1) is 0 Å². The third-order valence-corrected chi connectivity index (χ3v) is 1.83. The van der Waals surface area contributed by atoms with Crippen molar-refractivity contribution in [2.45, 2.75) is 4.90 Å². The molecule has 0 spiro atoms. The number of halogens is 6. The molecule has 90 valence electrons. The Labute approximate surface area is 86.9 Å². The first-order valence-electron chi connectivity index (χ1n) is 3.60. The van der Waals surface area contributed by atoms with Crippen LogP contribution in [0.15, 0.2) is 35.2 Å². The van der Waals surface area contributed by atoms with E-state index in [2.05, 4.69) is 30.5 Å². The number of hydrogen-bond donors (Lipinski definition) is 0. The summed E-state index contributed by atoms with van der Waals surface area (Å²) in [5.74, 6) is 0. The summed E-state index contributed by atoms with van der Waals surface area (Å²) < 4.78 is 59.2. The van der Waals surface area contributed by atoms with Crippen LogP contribution in [0, 0.1) is 0 Å². The van der Waals surface area contributed by atoms with Crippen molar-refractivity contribution in [1.29, 1.82) is 0 Å². The van der Waals surface area contributed by atoms with Gasteiger partial charge in [-0.05, 0) is 12.1 Å². The van der Waals surface area contributed by atoms with Gasteiger partial charge in [-0.25, -0.2) is 0 Å². The van der Waals surface area contributed by atoms with Crippen molar-refractivity contribution in [3.05, 3.63) is 30.3 Å². The van der Waals surface area contributed by atoms with Crippen LogP contribution in [0.4, 0.5) is 25.2 Å². The number of rotatable bonds is 1. The van der Waals surface area contributed by atoms with Gasteiger partial charge in [-0.15, -0.1) is 0 Å². The SMILES string of the molecule is C[SH+]c1ccccc1.F[P-](F)(F)(F)(F)F. The first-order chi connectivity index (χ1) is 6.38. The van der Waals surface area contributed by atoms with E-state index in [1.165, 1.54) is 16.7 Å². The second kappa shape index (κ2) is 3.87. The molecule has 0 aliphatic rings. The van der Waals surface area contributed by atoms with Gasteiger partial charge in [0.25, 0.3) is 0 Å². The van der Waals surface area contributed by atoms with Crippen molar-refractivity contribution in [2.75, 3.05) is 6.26 Å². The van der Waals surface area contributed by atoms with Gasteiger partial charge in [0.15, 0.2) is 4.90 Å². The normalized spacial score (nSPS) is 15.7. The van der Waals surface area contributed by atoms with E-state index in [0.29, 0.717) is 0 Å². The monoisotopic (exact) mass is 270 g/mol. The van der Waals surface area contributed by atoms with Crippen LogP contribution >= 0.6 is 7.81 Å². The molecule has 1 aromatic carbocycles. The van der Waals surface area contributed by atoms with Gasteiger partial charge in [-0.1, -0.05) is 18.2 Å². The molecule has 0 aromatic heterocycles. The molecule has 0 saturated carbocycles. The maximum atomic E-state index is 9.87. The minimum absolute atomic E-state index is 1.35. The quantitative estimate of drug-likeness (QED) is 0.295. The van der Waals surface area contributed by atoms with E-state index < -0.39 is 7.81 Å². The first kappa shape index (κ1) is 14.6. The number of benzene rings is 1. The van der Waals surface area contributed by atoms with Crippen molar-refractivity contribution in [3.63, 3.8) is 0 Å². The van der Waals surface area contributed by atoms with E-state index >= 15 is 0 Å². The average molecular weight is 270 g/mol. The molecule has 1 rings (SSSR count). The molecule has 0 fully saturated rings. The van der Waals surface area contributed by atoms with Gasteiger partial charge < -0.3 is 0 Å². The Morgan fingerprint density at radius 3 is 1.40 bits per heavy atom. The number of hydrogen-bond acceptors (Lipinski definition) is 0. The van der Waals surface area contributed by atoms with Gasteiger partial charge in [0, 0.05) is 11.8 Å². The fraction of sp³-hybridized carbons (Fsp3) is 0.143. The molecule has 1 aromatic rings. The zero-order chi connectivity index (χ0) is 12.2. The standard InChI is InChI=1S/C7H8S.F6P/c1-8-7-5-3-2-4-6-7;1-7(2,3,4,5)6/h2-6H,1H3;/q;-1/p+1. The van der Waals surface area contributed by atoms with Crippen molar-refractivity contribution in [2.24, 2.45) is 0 Å². The van der Waals surface area contributed by atoms with Crippen molar-refractivity contribution >= 4 is 19.6 Å². The van der Waals surface area contributed by atoms with Crippen LogP contribution in [-0.4, -0.2) is 6.26 Å². The second-order valence-corrected chi connectivity index (χ2v) is 5.40. The maximum absolute atomic E-state index is 10.7. The zero-order valence-electron chi connectivity index (χ0n) is 7.55. The molecule has 0 aliphatic heterocycles. The van der Waals surface area contributed by atoms with Gasteiger partial charge in [0.1, 0.15) is 6.26 Å². The third-order valence-electron chi connectivity index (χ3n) is 1.01. The fourth-order valence-corrected chi connectivity index (χ4v) is 1.05. The summed E-state index contributed by atoms with van der Waals surface area (Å²) in [5, 5.41) is 0.